The van der Waals surface area contributed by atoms with E-state index in [1.54, 1.807) is 42.5 Å². The van der Waals surface area contributed by atoms with E-state index in [1.807, 2.05) is 18.2 Å². The molecule has 0 aliphatic rings. The number of rotatable bonds is 5. The summed E-state index contributed by atoms with van der Waals surface area (Å²) in [7, 11) is 0. The first-order chi connectivity index (χ1) is 9.72. The molecule has 3 heteroatoms. The van der Waals surface area contributed by atoms with Crippen molar-refractivity contribution in [2.24, 2.45) is 0 Å². The van der Waals surface area contributed by atoms with Gasteiger partial charge in [-0.25, -0.2) is 0 Å². The Morgan fingerprint density at radius 1 is 0.950 bits per heavy atom. The molecular formula is C17H15NO2. The molecule has 0 atom stereocenters. The molecule has 2 aromatic carbocycles. The Bertz CT molecular complexity index is 632. The van der Waals surface area contributed by atoms with Crippen LogP contribution in [0.25, 0.3) is 0 Å². The van der Waals surface area contributed by atoms with Crippen molar-refractivity contribution >= 4 is 11.7 Å². The van der Waals surface area contributed by atoms with Crippen molar-refractivity contribution in [3.63, 3.8) is 0 Å². The second-order valence-corrected chi connectivity index (χ2v) is 4.27. The lowest BCUT2D eigenvalue weighted by Crippen LogP contribution is -2.23. The summed E-state index contributed by atoms with van der Waals surface area (Å²) in [6.45, 7) is 3.94. The van der Waals surface area contributed by atoms with Gasteiger partial charge in [0, 0.05) is 23.2 Å². The van der Waals surface area contributed by atoms with Crippen LogP contribution in [-0.2, 0) is 0 Å². The molecule has 0 heterocycles. The van der Waals surface area contributed by atoms with Gasteiger partial charge in [0.15, 0.2) is 5.78 Å². The van der Waals surface area contributed by atoms with Gasteiger partial charge in [0.2, 0.25) is 0 Å². The molecule has 0 aliphatic carbocycles. The van der Waals surface area contributed by atoms with E-state index in [0.717, 1.165) is 0 Å². The summed E-state index contributed by atoms with van der Waals surface area (Å²) in [5.41, 5.74) is 1.58. The zero-order valence-corrected chi connectivity index (χ0v) is 11.0. The van der Waals surface area contributed by atoms with E-state index in [-0.39, 0.29) is 11.7 Å². The van der Waals surface area contributed by atoms with E-state index in [2.05, 4.69) is 11.9 Å². The third-order valence-corrected chi connectivity index (χ3v) is 2.83. The Hall–Kier alpha value is -2.68. The minimum Gasteiger partial charge on any atom is -0.349 e. The number of nitrogens with one attached hydrogen (secondary N) is 1. The first-order valence-electron chi connectivity index (χ1n) is 6.31. The fraction of sp³-hybridized carbons (Fsp3) is 0.0588. The van der Waals surface area contributed by atoms with Crippen molar-refractivity contribution in [2.45, 2.75) is 0 Å². The minimum atomic E-state index is -0.215. The maximum atomic E-state index is 12.3. The molecule has 20 heavy (non-hydrogen) atoms. The molecular weight excluding hydrogens is 250 g/mol. The summed E-state index contributed by atoms with van der Waals surface area (Å²) >= 11 is 0. The average molecular weight is 265 g/mol. The molecule has 0 aliphatic heterocycles. The Morgan fingerprint density at radius 2 is 1.60 bits per heavy atom. The van der Waals surface area contributed by atoms with Crippen LogP contribution in [0.1, 0.15) is 26.3 Å². The summed E-state index contributed by atoms with van der Waals surface area (Å²) in [5, 5.41) is 2.69. The molecule has 0 saturated carbocycles. The van der Waals surface area contributed by atoms with E-state index in [9.17, 15) is 9.59 Å². The Labute approximate surface area is 117 Å². The van der Waals surface area contributed by atoms with Crippen LogP contribution in [0.3, 0.4) is 0 Å². The molecule has 0 radical (unpaired) electrons. The fourth-order valence-electron chi connectivity index (χ4n) is 1.82. The van der Waals surface area contributed by atoms with Crippen molar-refractivity contribution < 1.29 is 9.59 Å². The largest absolute Gasteiger partial charge is 0.349 e. The number of hydrogen-bond acceptors (Lipinski definition) is 2. The Kier molecular flexibility index (Phi) is 4.45. The van der Waals surface area contributed by atoms with Crippen molar-refractivity contribution in [1.82, 2.24) is 5.32 Å². The van der Waals surface area contributed by atoms with Crippen LogP contribution in [0.15, 0.2) is 67.3 Å². The quantitative estimate of drug-likeness (QED) is 0.667. The van der Waals surface area contributed by atoms with Crippen LogP contribution in [0.5, 0.6) is 0 Å². The summed E-state index contributed by atoms with van der Waals surface area (Å²) in [5.74, 6) is -0.309. The average Bonchev–Trinajstić information content (AvgIpc) is 2.52. The van der Waals surface area contributed by atoms with E-state index in [4.69, 9.17) is 0 Å². The highest BCUT2D eigenvalue weighted by atomic mass is 16.1. The topological polar surface area (TPSA) is 46.2 Å². The highest BCUT2D eigenvalue weighted by molar-refractivity contribution is 6.10. The number of hydrogen-bond donors (Lipinski definition) is 1. The molecule has 100 valence electrons. The number of carbonyl (C=O) groups excluding carboxylic acids is 2. The van der Waals surface area contributed by atoms with Crippen LogP contribution in [0.4, 0.5) is 0 Å². The molecule has 2 aromatic rings. The highest BCUT2D eigenvalue weighted by Crippen LogP contribution is 2.11. The molecule has 0 spiro atoms. The first-order valence-corrected chi connectivity index (χ1v) is 6.31. The van der Waals surface area contributed by atoms with Gasteiger partial charge in [-0.05, 0) is 12.1 Å². The van der Waals surface area contributed by atoms with Crippen LogP contribution < -0.4 is 5.32 Å². The zero-order chi connectivity index (χ0) is 14.4. The molecule has 3 nitrogen and oxygen atoms in total. The van der Waals surface area contributed by atoms with Crippen molar-refractivity contribution in [2.75, 3.05) is 6.54 Å². The molecule has 0 saturated heterocycles. The lowest BCUT2D eigenvalue weighted by molar-refractivity contribution is 0.0958. The highest BCUT2D eigenvalue weighted by Gasteiger charge is 2.11. The lowest BCUT2D eigenvalue weighted by Gasteiger charge is -2.05. The lowest BCUT2D eigenvalue weighted by atomic mass is 10.0. The van der Waals surface area contributed by atoms with Crippen LogP contribution in [0.2, 0.25) is 0 Å². The van der Waals surface area contributed by atoms with Crippen LogP contribution >= 0.6 is 0 Å². The number of ketones is 1. The van der Waals surface area contributed by atoms with Gasteiger partial charge in [-0.3, -0.25) is 9.59 Å². The molecule has 0 unspecified atom stereocenters. The van der Waals surface area contributed by atoms with E-state index >= 15 is 0 Å². The predicted octanol–water partition coefficient (Wildman–Crippen LogP) is 2.83. The number of amides is 1. The fourth-order valence-corrected chi connectivity index (χ4v) is 1.82. The van der Waals surface area contributed by atoms with Gasteiger partial charge in [-0.1, -0.05) is 48.5 Å². The van der Waals surface area contributed by atoms with Crippen LogP contribution in [-0.4, -0.2) is 18.2 Å². The maximum absolute atomic E-state index is 12.3. The minimum absolute atomic E-state index is 0.0935. The second-order valence-electron chi connectivity index (χ2n) is 4.27. The van der Waals surface area contributed by atoms with E-state index in [0.29, 0.717) is 23.2 Å². The smallest absolute Gasteiger partial charge is 0.251 e. The molecule has 0 aromatic heterocycles. The molecule has 0 fully saturated rings. The summed E-state index contributed by atoms with van der Waals surface area (Å²) in [6.07, 6.45) is 1.61. The molecule has 2 rings (SSSR count). The van der Waals surface area contributed by atoms with Gasteiger partial charge in [-0.2, -0.15) is 0 Å². The molecule has 1 amide bonds. The standard InChI is InChI=1S/C17H15NO2/c1-2-11-18-17(20)15-10-6-9-14(12-15)16(19)13-7-4-3-5-8-13/h2-10,12H,1,11H2,(H,18,20). The monoisotopic (exact) mass is 265 g/mol. The second kappa shape index (κ2) is 6.48. The molecule has 1 N–H and O–H groups in total. The number of carbonyl (C=O) groups is 2. The first kappa shape index (κ1) is 13.7. The molecule has 0 bridgehead atoms. The number of benzene rings is 2. The summed E-state index contributed by atoms with van der Waals surface area (Å²) < 4.78 is 0. The Morgan fingerprint density at radius 3 is 2.30 bits per heavy atom. The van der Waals surface area contributed by atoms with Gasteiger partial charge in [0.25, 0.3) is 5.91 Å². The van der Waals surface area contributed by atoms with Crippen molar-refractivity contribution in [3.8, 4) is 0 Å². The van der Waals surface area contributed by atoms with Crippen molar-refractivity contribution in [3.05, 3.63) is 83.9 Å². The van der Waals surface area contributed by atoms with E-state index < -0.39 is 0 Å². The SMILES string of the molecule is C=CCNC(=O)c1cccc(C(=O)c2ccccc2)c1. The summed E-state index contributed by atoms with van der Waals surface area (Å²) in [6, 6.07) is 15.7. The summed E-state index contributed by atoms with van der Waals surface area (Å²) in [4.78, 5) is 24.1. The third-order valence-electron chi connectivity index (χ3n) is 2.83. The maximum Gasteiger partial charge on any atom is 0.251 e. The Balaban J connectivity index is 2.24. The predicted molar refractivity (Wildman–Crippen MR) is 78.8 cm³/mol. The van der Waals surface area contributed by atoms with Gasteiger partial charge in [0.05, 0.1) is 0 Å². The normalized spacial score (nSPS) is 9.80. The zero-order valence-electron chi connectivity index (χ0n) is 11.0. The van der Waals surface area contributed by atoms with Gasteiger partial charge >= 0.3 is 0 Å². The van der Waals surface area contributed by atoms with Crippen molar-refractivity contribution in [1.29, 1.82) is 0 Å². The van der Waals surface area contributed by atoms with Gasteiger partial charge < -0.3 is 5.32 Å². The third kappa shape index (κ3) is 3.20. The van der Waals surface area contributed by atoms with Gasteiger partial charge in [-0.15, -0.1) is 6.58 Å². The van der Waals surface area contributed by atoms with Crippen LogP contribution in [0, 0.1) is 0 Å². The van der Waals surface area contributed by atoms with Gasteiger partial charge in [0.1, 0.15) is 0 Å². The van der Waals surface area contributed by atoms with E-state index in [1.165, 1.54) is 0 Å².